The molecule has 0 radical (unpaired) electrons. The molecule has 2 saturated carbocycles. The van der Waals surface area contributed by atoms with Gasteiger partial charge < -0.3 is 0 Å². The molecule has 0 aliphatic heterocycles. The molecule has 2 aromatic carbocycles. The van der Waals surface area contributed by atoms with Crippen LogP contribution in [0.1, 0.15) is 114 Å². The van der Waals surface area contributed by atoms with E-state index in [9.17, 15) is 4.39 Å². The van der Waals surface area contributed by atoms with E-state index in [2.05, 4.69) is 55.5 Å². The Balaban J connectivity index is 1.19. The zero-order chi connectivity index (χ0) is 23.6. The Morgan fingerprint density at radius 3 is 1.65 bits per heavy atom. The summed E-state index contributed by atoms with van der Waals surface area (Å²) in [4.78, 5) is 0. The first kappa shape index (κ1) is 25.5. The second-order valence-electron chi connectivity index (χ2n) is 11.4. The second kappa shape index (κ2) is 13.5. The lowest BCUT2D eigenvalue weighted by atomic mass is 9.74. The Hall–Kier alpha value is -1.63. The molecule has 2 aromatic rings. The standard InChI is InChI=1S/C33H47F/c1-2-5-26-7-9-28(10-8-26)11-12-29-15-19-31(20-16-29)33-23-21-32(22-24-33)30-17-13-27(14-18-30)6-3-4-25-34/h13-14,17-18,21-24,26,28-29,31H,2-12,15-16,19-20,25H2,1H3/t26-,28-,29-,31-. The van der Waals surface area contributed by atoms with Crippen molar-refractivity contribution in [2.24, 2.45) is 17.8 Å². The van der Waals surface area contributed by atoms with Gasteiger partial charge in [-0.05, 0) is 90.9 Å². The summed E-state index contributed by atoms with van der Waals surface area (Å²) in [6.07, 6.45) is 20.1. The Morgan fingerprint density at radius 1 is 0.618 bits per heavy atom. The van der Waals surface area contributed by atoms with Gasteiger partial charge in [0.25, 0.3) is 0 Å². The van der Waals surface area contributed by atoms with Gasteiger partial charge in [-0.2, -0.15) is 0 Å². The minimum Gasteiger partial charge on any atom is -0.251 e. The average molecular weight is 463 g/mol. The molecule has 0 saturated heterocycles. The van der Waals surface area contributed by atoms with Crippen LogP contribution in [0.25, 0.3) is 11.1 Å². The molecule has 0 N–H and O–H groups in total. The van der Waals surface area contributed by atoms with Gasteiger partial charge in [0.15, 0.2) is 0 Å². The lowest BCUT2D eigenvalue weighted by Crippen LogP contribution is -2.17. The van der Waals surface area contributed by atoms with Crippen molar-refractivity contribution in [1.82, 2.24) is 0 Å². The quantitative estimate of drug-likeness (QED) is 0.291. The number of rotatable bonds is 11. The van der Waals surface area contributed by atoms with Crippen LogP contribution in [-0.4, -0.2) is 6.67 Å². The first-order valence-electron chi connectivity index (χ1n) is 14.5. The molecule has 2 aliphatic rings. The van der Waals surface area contributed by atoms with Crippen LogP contribution in [0.15, 0.2) is 48.5 Å². The molecule has 0 bridgehead atoms. The molecular weight excluding hydrogens is 415 g/mol. The minimum atomic E-state index is -0.202. The third-order valence-electron chi connectivity index (χ3n) is 9.01. The maximum atomic E-state index is 12.3. The van der Waals surface area contributed by atoms with E-state index in [0.29, 0.717) is 6.42 Å². The summed E-state index contributed by atoms with van der Waals surface area (Å²) < 4.78 is 12.3. The van der Waals surface area contributed by atoms with E-state index in [-0.39, 0.29) is 6.67 Å². The lowest BCUT2D eigenvalue weighted by molar-refractivity contribution is 0.224. The molecule has 2 aliphatic carbocycles. The van der Waals surface area contributed by atoms with Gasteiger partial charge in [0, 0.05) is 0 Å². The van der Waals surface area contributed by atoms with Crippen molar-refractivity contribution in [3.63, 3.8) is 0 Å². The average Bonchev–Trinajstić information content (AvgIpc) is 2.89. The molecule has 1 heteroatoms. The van der Waals surface area contributed by atoms with Gasteiger partial charge in [0.05, 0.1) is 6.67 Å². The summed E-state index contributed by atoms with van der Waals surface area (Å²) in [7, 11) is 0. The number of halogens is 1. The molecule has 0 amide bonds. The van der Waals surface area contributed by atoms with Gasteiger partial charge >= 0.3 is 0 Å². The highest BCUT2D eigenvalue weighted by Crippen LogP contribution is 2.40. The van der Waals surface area contributed by atoms with E-state index in [4.69, 9.17) is 0 Å². The monoisotopic (exact) mass is 462 g/mol. The van der Waals surface area contributed by atoms with Crippen LogP contribution in [0.3, 0.4) is 0 Å². The summed E-state index contributed by atoms with van der Waals surface area (Å²) in [5.74, 6) is 3.81. The van der Waals surface area contributed by atoms with Crippen LogP contribution in [0.5, 0.6) is 0 Å². The number of aryl methyl sites for hydroxylation is 1. The van der Waals surface area contributed by atoms with Crippen molar-refractivity contribution in [3.05, 3.63) is 59.7 Å². The first-order chi connectivity index (χ1) is 16.7. The molecule has 0 unspecified atom stereocenters. The zero-order valence-electron chi connectivity index (χ0n) is 21.6. The molecule has 186 valence electrons. The molecule has 0 atom stereocenters. The van der Waals surface area contributed by atoms with Crippen molar-refractivity contribution in [2.75, 3.05) is 6.67 Å². The minimum absolute atomic E-state index is 0.202. The van der Waals surface area contributed by atoms with Crippen LogP contribution >= 0.6 is 0 Å². The van der Waals surface area contributed by atoms with E-state index >= 15 is 0 Å². The van der Waals surface area contributed by atoms with Crippen molar-refractivity contribution in [1.29, 1.82) is 0 Å². The zero-order valence-corrected chi connectivity index (χ0v) is 21.6. The fourth-order valence-corrected chi connectivity index (χ4v) is 6.71. The van der Waals surface area contributed by atoms with Crippen LogP contribution in [-0.2, 0) is 6.42 Å². The molecule has 0 nitrogen and oxygen atoms in total. The number of hydrogen-bond donors (Lipinski definition) is 0. The van der Waals surface area contributed by atoms with Crippen LogP contribution in [0.2, 0.25) is 0 Å². The highest BCUT2D eigenvalue weighted by Gasteiger charge is 2.25. The maximum absolute atomic E-state index is 12.3. The number of alkyl halides is 1. The van der Waals surface area contributed by atoms with E-state index in [1.165, 1.54) is 93.7 Å². The topological polar surface area (TPSA) is 0 Å². The van der Waals surface area contributed by atoms with Crippen LogP contribution < -0.4 is 0 Å². The molecule has 0 spiro atoms. The van der Waals surface area contributed by atoms with Gasteiger partial charge in [0.2, 0.25) is 0 Å². The van der Waals surface area contributed by atoms with Crippen molar-refractivity contribution < 1.29 is 4.39 Å². The Kier molecular flexibility index (Phi) is 10.1. The summed E-state index contributed by atoms with van der Waals surface area (Å²) >= 11 is 0. The third-order valence-corrected chi connectivity index (χ3v) is 9.01. The molecule has 34 heavy (non-hydrogen) atoms. The van der Waals surface area contributed by atoms with Gasteiger partial charge in [-0.15, -0.1) is 0 Å². The smallest absolute Gasteiger partial charge is 0.0894 e. The number of benzene rings is 2. The Morgan fingerprint density at radius 2 is 1.12 bits per heavy atom. The molecule has 0 heterocycles. The van der Waals surface area contributed by atoms with Crippen LogP contribution in [0, 0.1) is 17.8 Å². The normalized spacial score (nSPS) is 25.4. The first-order valence-corrected chi connectivity index (χ1v) is 14.5. The summed E-state index contributed by atoms with van der Waals surface area (Å²) in [5, 5.41) is 0. The second-order valence-corrected chi connectivity index (χ2v) is 11.4. The van der Waals surface area contributed by atoms with Crippen molar-refractivity contribution >= 4 is 0 Å². The number of hydrogen-bond acceptors (Lipinski definition) is 0. The summed E-state index contributed by atoms with van der Waals surface area (Å²) in [6.45, 7) is 2.14. The van der Waals surface area contributed by atoms with Crippen LogP contribution in [0.4, 0.5) is 4.39 Å². The van der Waals surface area contributed by atoms with E-state index < -0.39 is 0 Å². The predicted molar refractivity (Wildman–Crippen MR) is 145 cm³/mol. The third kappa shape index (κ3) is 7.43. The fraction of sp³-hybridized carbons (Fsp3) is 0.636. The Labute approximate surface area is 208 Å². The SMILES string of the molecule is CCC[C@H]1CC[C@H](CC[C@H]2CC[C@H](c3ccc(-c4ccc(CCCCF)cc4)cc3)CC2)CC1. The van der Waals surface area contributed by atoms with E-state index in [0.717, 1.165) is 36.5 Å². The van der Waals surface area contributed by atoms with E-state index in [1.54, 1.807) is 5.56 Å². The highest BCUT2D eigenvalue weighted by atomic mass is 19.1. The van der Waals surface area contributed by atoms with Crippen molar-refractivity contribution in [3.8, 4) is 11.1 Å². The van der Waals surface area contributed by atoms with Gasteiger partial charge in [-0.1, -0.05) is 107 Å². The van der Waals surface area contributed by atoms with E-state index in [1.807, 2.05) is 0 Å². The molecule has 0 aromatic heterocycles. The van der Waals surface area contributed by atoms with Crippen molar-refractivity contribution in [2.45, 2.75) is 109 Å². The van der Waals surface area contributed by atoms with Gasteiger partial charge in [-0.3, -0.25) is 4.39 Å². The summed E-state index contributed by atoms with van der Waals surface area (Å²) in [6, 6.07) is 18.2. The molecule has 2 fully saturated rings. The lowest BCUT2D eigenvalue weighted by Gasteiger charge is -2.32. The summed E-state index contributed by atoms with van der Waals surface area (Å²) in [5.41, 5.74) is 5.45. The van der Waals surface area contributed by atoms with Gasteiger partial charge in [0.1, 0.15) is 0 Å². The molecule has 4 rings (SSSR count). The maximum Gasteiger partial charge on any atom is 0.0894 e. The van der Waals surface area contributed by atoms with Gasteiger partial charge in [-0.25, -0.2) is 0 Å². The Bertz CT molecular complexity index is 805. The highest BCUT2D eigenvalue weighted by molar-refractivity contribution is 5.64. The largest absolute Gasteiger partial charge is 0.251 e. The molecular formula is C33H47F. The fourth-order valence-electron chi connectivity index (χ4n) is 6.71. The number of unbranched alkanes of at least 4 members (excludes halogenated alkanes) is 1. The predicted octanol–water partition coefficient (Wildman–Crippen LogP) is 10.3.